The Morgan fingerprint density at radius 3 is 0.711 bits per heavy atom. The average Bonchev–Trinajstić information content (AvgIpc) is 2.89. The van der Waals surface area contributed by atoms with Crippen LogP contribution in [0.1, 0.15) is 200 Å². The number of hydrogen-bond acceptors (Lipinski definition) is 3. The quantitative estimate of drug-likeness (QED) is 0.0537. The lowest BCUT2D eigenvalue weighted by molar-refractivity contribution is -0.627. The molecule has 38 heavy (non-hydrogen) atoms. The van der Waals surface area contributed by atoms with Crippen LogP contribution in [0.15, 0.2) is 0 Å². The molecule has 5 heteroatoms. The van der Waals surface area contributed by atoms with E-state index in [0.717, 1.165) is 0 Å². The highest BCUT2D eigenvalue weighted by molar-refractivity contribution is 4.52. The van der Waals surface area contributed by atoms with Crippen molar-refractivity contribution in [1.29, 1.82) is 0 Å². The lowest BCUT2D eigenvalue weighted by atomic mass is 10.0. The van der Waals surface area contributed by atoms with Gasteiger partial charge in [0.15, 0.2) is 0 Å². The predicted octanol–water partition coefficient (Wildman–Crippen LogP) is 10.7. The van der Waals surface area contributed by atoms with E-state index in [1.165, 1.54) is 199 Å². The summed E-state index contributed by atoms with van der Waals surface area (Å²) in [6.07, 6.45) is 44.4. The van der Waals surface area contributed by atoms with Gasteiger partial charge in [0.25, 0.3) is 0 Å². The molecule has 0 aromatic rings. The van der Waals surface area contributed by atoms with Crippen molar-refractivity contribution in [2.75, 3.05) is 13.6 Å². The number of quaternary nitrogens is 1. The van der Waals surface area contributed by atoms with Crippen LogP contribution >= 0.6 is 0 Å². The molecular weight excluding hydrogens is 472 g/mol. The third-order valence-corrected chi connectivity index (χ3v) is 7.85. The molecular formula is C33H70N2O3. The van der Waals surface area contributed by atoms with Crippen LogP contribution in [0.4, 0.5) is 0 Å². The van der Waals surface area contributed by atoms with Crippen molar-refractivity contribution in [1.82, 2.24) is 0 Å². The van der Waals surface area contributed by atoms with Crippen LogP contribution in [-0.4, -0.2) is 18.7 Å². The van der Waals surface area contributed by atoms with Crippen molar-refractivity contribution in [3.8, 4) is 0 Å². The van der Waals surface area contributed by atoms with E-state index in [0.29, 0.717) is 0 Å². The molecule has 0 heterocycles. The van der Waals surface area contributed by atoms with Gasteiger partial charge in [0.1, 0.15) is 0 Å². The Kier molecular flexibility index (Phi) is 39.6. The Bertz CT molecular complexity index is 385. The first-order valence-corrected chi connectivity index (χ1v) is 17.2. The van der Waals surface area contributed by atoms with Crippen LogP contribution in [0.25, 0.3) is 0 Å². The minimum atomic E-state index is -1.75. The topological polar surface area (TPSA) is 82.8 Å². The van der Waals surface area contributed by atoms with Gasteiger partial charge >= 0.3 is 0 Å². The zero-order chi connectivity index (χ0) is 28.2. The molecule has 0 amide bonds. The van der Waals surface area contributed by atoms with Gasteiger partial charge in [-0.25, -0.2) is 0 Å². The number of unbranched alkanes of at least 4 members (excludes halogenated alkanes) is 29. The van der Waals surface area contributed by atoms with Crippen molar-refractivity contribution in [2.45, 2.75) is 200 Å². The van der Waals surface area contributed by atoms with Gasteiger partial charge in [-0.2, -0.15) is 0 Å². The molecule has 230 valence electrons. The highest BCUT2D eigenvalue weighted by Crippen LogP contribution is 2.16. The summed E-state index contributed by atoms with van der Waals surface area (Å²) >= 11 is 0. The largest absolute Gasteiger partial charge is 0.356 e. The smallest absolute Gasteiger partial charge is 0.0753 e. The normalized spacial score (nSPS) is 10.9. The summed E-state index contributed by atoms with van der Waals surface area (Å²) in [5, 5.41) is 17.1. The summed E-state index contributed by atoms with van der Waals surface area (Å²) in [4.78, 5) is 8.25. The highest BCUT2D eigenvalue weighted by atomic mass is 16.9. The Labute approximate surface area is 238 Å². The van der Waals surface area contributed by atoms with Crippen LogP contribution < -0.4 is 5.32 Å². The van der Waals surface area contributed by atoms with Gasteiger partial charge in [-0.3, -0.25) is 0 Å². The Balaban J connectivity index is 0. The fourth-order valence-corrected chi connectivity index (χ4v) is 5.37. The standard InChI is InChI=1S/C33H69N.NO3/c1-3-4-5-6-7-8-9-10-11-12-13-14-15-16-17-18-19-20-21-22-23-24-25-26-27-28-29-30-31-32-33-34-2;2-1(3)4/h34H,3-33H2,1-2H3;/q;-1/p+1. The van der Waals surface area contributed by atoms with E-state index in [9.17, 15) is 0 Å². The summed E-state index contributed by atoms with van der Waals surface area (Å²) in [5.74, 6) is 0. The molecule has 0 rings (SSSR count). The fraction of sp³-hybridized carbons (Fsp3) is 1.00. The Morgan fingerprint density at radius 1 is 0.395 bits per heavy atom. The van der Waals surface area contributed by atoms with Gasteiger partial charge in [0.05, 0.1) is 18.7 Å². The summed E-state index contributed by atoms with van der Waals surface area (Å²) in [6, 6.07) is 0. The highest BCUT2D eigenvalue weighted by Gasteiger charge is 1.97. The van der Waals surface area contributed by atoms with Crippen molar-refractivity contribution in [3.05, 3.63) is 15.3 Å². The van der Waals surface area contributed by atoms with Crippen molar-refractivity contribution in [3.63, 3.8) is 0 Å². The lowest BCUT2D eigenvalue weighted by Gasteiger charge is -2.04. The SMILES string of the molecule is CCCCCCCCCCCCCCCCCCCCCCCCCCCCCCCC[NH2+]C.O=[N+]([O-])[O-]. The first-order valence-electron chi connectivity index (χ1n) is 17.2. The van der Waals surface area contributed by atoms with Crippen molar-refractivity contribution < 1.29 is 10.4 Å². The van der Waals surface area contributed by atoms with E-state index >= 15 is 0 Å². The maximum absolute atomic E-state index is 8.25. The monoisotopic (exact) mass is 543 g/mol. The number of hydrogen-bond donors (Lipinski definition) is 1. The summed E-state index contributed by atoms with van der Waals surface area (Å²) in [5.41, 5.74) is 0. The second-order valence-corrected chi connectivity index (χ2v) is 11.7. The second kappa shape index (κ2) is 38.3. The van der Waals surface area contributed by atoms with E-state index in [1.54, 1.807) is 0 Å². The third-order valence-electron chi connectivity index (χ3n) is 7.85. The van der Waals surface area contributed by atoms with Gasteiger partial charge in [-0.1, -0.05) is 187 Å². The first kappa shape index (κ1) is 39.3. The van der Waals surface area contributed by atoms with Crippen LogP contribution in [0.3, 0.4) is 0 Å². The van der Waals surface area contributed by atoms with Crippen molar-refractivity contribution >= 4 is 0 Å². The third kappa shape index (κ3) is 45.1. The van der Waals surface area contributed by atoms with E-state index < -0.39 is 5.09 Å². The summed E-state index contributed by atoms with van der Waals surface area (Å²) in [7, 11) is 2.18. The Hall–Kier alpha value is -0.840. The molecule has 0 spiro atoms. The molecule has 0 fully saturated rings. The molecule has 0 aliphatic heterocycles. The minimum Gasteiger partial charge on any atom is -0.356 e. The number of nitrogens with zero attached hydrogens (tertiary/aromatic N) is 1. The zero-order valence-electron chi connectivity index (χ0n) is 26.2. The maximum atomic E-state index is 8.25. The van der Waals surface area contributed by atoms with E-state index in [2.05, 4.69) is 19.3 Å². The van der Waals surface area contributed by atoms with Gasteiger partial charge in [0, 0.05) is 0 Å². The summed E-state index contributed by atoms with van der Waals surface area (Å²) < 4.78 is 0. The second-order valence-electron chi connectivity index (χ2n) is 11.7. The lowest BCUT2D eigenvalue weighted by Crippen LogP contribution is -2.79. The van der Waals surface area contributed by atoms with Gasteiger partial charge in [-0.15, -0.1) is 0 Å². The van der Waals surface area contributed by atoms with Crippen LogP contribution in [0.2, 0.25) is 0 Å². The first-order chi connectivity index (χ1) is 18.6. The van der Waals surface area contributed by atoms with E-state index in [-0.39, 0.29) is 0 Å². The molecule has 0 atom stereocenters. The van der Waals surface area contributed by atoms with Gasteiger partial charge < -0.3 is 20.6 Å². The van der Waals surface area contributed by atoms with Crippen molar-refractivity contribution in [2.24, 2.45) is 0 Å². The molecule has 0 bridgehead atoms. The molecule has 0 saturated heterocycles. The van der Waals surface area contributed by atoms with Gasteiger partial charge in [-0.05, 0) is 12.8 Å². The van der Waals surface area contributed by atoms with E-state index in [4.69, 9.17) is 15.3 Å². The van der Waals surface area contributed by atoms with Crippen LogP contribution in [-0.2, 0) is 0 Å². The van der Waals surface area contributed by atoms with Crippen LogP contribution in [0.5, 0.6) is 0 Å². The predicted molar refractivity (Wildman–Crippen MR) is 167 cm³/mol. The number of nitrogens with two attached hydrogens (primary N) is 1. The molecule has 0 aliphatic rings. The maximum Gasteiger partial charge on any atom is 0.0753 e. The van der Waals surface area contributed by atoms with E-state index in [1.807, 2.05) is 0 Å². The molecule has 0 aromatic heterocycles. The summed E-state index contributed by atoms with van der Waals surface area (Å²) in [6.45, 7) is 3.63. The molecule has 5 nitrogen and oxygen atoms in total. The molecule has 0 saturated carbocycles. The molecule has 2 N–H and O–H groups in total. The molecule has 0 unspecified atom stereocenters. The Morgan fingerprint density at radius 2 is 0.553 bits per heavy atom. The van der Waals surface area contributed by atoms with Crippen LogP contribution in [0, 0.1) is 15.3 Å². The fourth-order valence-electron chi connectivity index (χ4n) is 5.37. The molecule has 0 aliphatic carbocycles. The minimum absolute atomic E-state index is 1.32. The van der Waals surface area contributed by atoms with Gasteiger partial charge in [0.2, 0.25) is 0 Å². The zero-order valence-corrected chi connectivity index (χ0v) is 26.2. The molecule has 0 aromatic carbocycles. The average molecular weight is 543 g/mol. The number of rotatable bonds is 31. The molecule has 0 radical (unpaired) electrons.